The number of aliphatic hydroxyl groups excluding tert-OH is 1. The highest BCUT2D eigenvalue weighted by Gasteiger charge is 2.50. The molecular weight excluding hydrogens is 569 g/mol. The number of alkyl halides is 1. The molecule has 1 N–H and O–H groups in total. The van der Waals surface area contributed by atoms with Crippen LogP contribution in [-0.2, 0) is 23.7 Å². The Labute approximate surface area is 241 Å². The average molecular weight is 604 g/mol. The van der Waals surface area contributed by atoms with Gasteiger partial charge in [0.25, 0.3) is 0 Å². The number of aromatic nitrogens is 4. The number of fused-ring (bicyclic) bond motifs is 1. The molecule has 2 aromatic heterocycles. The molecule has 41 heavy (non-hydrogen) atoms. The van der Waals surface area contributed by atoms with Crippen molar-refractivity contribution in [3.63, 3.8) is 0 Å². The summed E-state index contributed by atoms with van der Waals surface area (Å²) in [5.41, 5.74) is -3.21. The van der Waals surface area contributed by atoms with E-state index in [0.29, 0.717) is 4.90 Å². The van der Waals surface area contributed by atoms with Crippen LogP contribution in [-0.4, -0.2) is 84.8 Å². The fourth-order valence-electron chi connectivity index (χ4n) is 3.67. The number of nitrogens with zero attached hydrogens (tertiary/aromatic N) is 5. The predicted molar refractivity (Wildman–Crippen MR) is 142 cm³/mol. The molecule has 0 aliphatic carbocycles. The monoisotopic (exact) mass is 603 g/mol. The number of halogens is 2. The second-order valence-electron chi connectivity index (χ2n) is 12.2. The van der Waals surface area contributed by atoms with E-state index in [4.69, 9.17) is 35.3 Å². The highest BCUT2D eigenvalue weighted by molar-refractivity contribution is 6.29. The molecule has 1 aliphatic rings. The third-order valence-electron chi connectivity index (χ3n) is 5.08. The summed E-state index contributed by atoms with van der Waals surface area (Å²) in [7, 11) is 0. The van der Waals surface area contributed by atoms with Crippen LogP contribution >= 0.6 is 11.6 Å². The van der Waals surface area contributed by atoms with E-state index in [-0.39, 0.29) is 11.2 Å². The molecule has 0 aromatic carbocycles. The maximum Gasteiger partial charge on any atom is 0.509 e. The Morgan fingerprint density at radius 1 is 1.00 bits per heavy atom. The largest absolute Gasteiger partial charge is 0.509 e. The van der Waals surface area contributed by atoms with E-state index in [0.717, 1.165) is 10.9 Å². The first-order valence-corrected chi connectivity index (χ1v) is 13.0. The van der Waals surface area contributed by atoms with Gasteiger partial charge in [0.15, 0.2) is 35.5 Å². The quantitative estimate of drug-likeness (QED) is 0.291. The van der Waals surface area contributed by atoms with Gasteiger partial charge in [0.2, 0.25) is 5.28 Å². The highest BCUT2D eigenvalue weighted by Crippen LogP contribution is 2.37. The molecule has 1 saturated heterocycles. The van der Waals surface area contributed by atoms with Crippen molar-refractivity contribution in [2.24, 2.45) is 0 Å². The molecule has 16 heteroatoms. The van der Waals surface area contributed by atoms with Crippen LogP contribution in [0.4, 0.5) is 24.6 Å². The zero-order chi connectivity index (χ0) is 31.1. The summed E-state index contributed by atoms with van der Waals surface area (Å²) in [6.45, 7) is 13.7. The molecule has 0 bridgehead atoms. The lowest BCUT2D eigenvalue weighted by molar-refractivity contribution is -0.0682. The summed E-state index contributed by atoms with van der Waals surface area (Å²) in [5.74, 6) is -0.393. The number of imide groups is 1. The first-order chi connectivity index (χ1) is 18.7. The van der Waals surface area contributed by atoms with Gasteiger partial charge in [-0.05, 0) is 73.9 Å². The van der Waals surface area contributed by atoms with Crippen molar-refractivity contribution >= 4 is 46.9 Å². The van der Waals surface area contributed by atoms with Crippen LogP contribution in [0.15, 0.2) is 6.33 Å². The van der Waals surface area contributed by atoms with Gasteiger partial charge in [0, 0.05) is 0 Å². The maximum atomic E-state index is 15.7. The van der Waals surface area contributed by atoms with Crippen LogP contribution in [0.1, 0.15) is 68.5 Å². The standard InChI is InChI=1S/C25H35ClFN5O9/c1-23(2,3)39-20(34)32(21(35)40-24(4,5)6)17-14-16(29-19(26)30-17)31(11-28-14)18-13(27)15(12(10-33)37-18)38-22(36)41-25(7,8)9/h11-13,15,18,33H,10H2,1-9H3/t12-,13-,15-,18-/m1/s1. The fourth-order valence-corrected chi connectivity index (χ4v) is 3.83. The Bertz CT molecular complexity index is 1270. The number of carbonyl (C=O) groups excluding carboxylic acids is 3. The van der Waals surface area contributed by atoms with Crippen LogP contribution < -0.4 is 4.90 Å². The molecule has 2 aromatic rings. The van der Waals surface area contributed by atoms with Crippen molar-refractivity contribution in [1.82, 2.24) is 19.5 Å². The van der Waals surface area contributed by atoms with Crippen LogP contribution in [0, 0.1) is 0 Å². The van der Waals surface area contributed by atoms with E-state index in [9.17, 15) is 19.5 Å². The maximum absolute atomic E-state index is 15.7. The number of carbonyl (C=O) groups is 3. The average Bonchev–Trinajstić information content (AvgIpc) is 3.31. The summed E-state index contributed by atoms with van der Waals surface area (Å²) in [4.78, 5) is 51.4. The zero-order valence-corrected chi connectivity index (χ0v) is 25.1. The molecule has 2 amide bonds. The number of rotatable bonds is 4. The Morgan fingerprint density at radius 3 is 2.02 bits per heavy atom. The molecule has 14 nitrogen and oxygen atoms in total. The van der Waals surface area contributed by atoms with Gasteiger partial charge < -0.3 is 28.8 Å². The minimum absolute atomic E-state index is 0.139. The van der Waals surface area contributed by atoms with Gasteiger partial charge in [-0.15, -0.1) is 0 Å². The van der Waals surface area contributed by atoms with E-state index in [1.165, 1.54) is 0 Å². The lowest BCUT2D eigenvalue weighted by Crippen LogP contribution is -2.44. The number of amides is 2. The van der Waals surface area contributed by atoms with Crippen LogP contribution in [0.2, 0.25) is 5.28 Å². The molecule has 0 unspecified atom stereocenters. The van der Waals surface area contributed by atoms with Gasteiger partial charge in [-0.3, -0.25) is 4.57 Å². The van der Waals surface area contributed by atoms with Crippen molar-refractivity contribution in [3.8, 4) is 0 Å². The molecule has 0 saturated carbocycles. The van der Waals surface area contributed by atoms with Gasteiger partial charge in [-0.25, -0.2) is 23.8 Å². The van der Waals surface area contributed by atoms with Crippen molar-refractivity contribution in [1.29, 1.82) is 0 Å². The van der Waals surface area contributed by atoms with Crippen LogP contribution in [0.3, 0.4) is 0 Å². The van der Waals surface area contributed by atoms with Crippen molar-refractivity contribution in [3.05, 3.63) is 11.6 Å². The molecule has 228 valence electrons. The fraction of sp³-hybridized carbons (Fsp3) is 0.680. The SMILES string of the molecule is CC(C)(C)OC(=O)O[C@H]1[C@@H](F)[C@H](n2cnc3c(N(C(=O)OC(C)(C)C)C(=O)OC(C)(C)C)nc(Cl)nc32)O[C@@H]1CO. The minimum atomic E-state index is -2.03. The van der Waals surface area contributed by atoms with Gasteiger partial charge in [0.05, 0.1) is 12.9 Å². The van der Waals surface area contributed by atoms with E-state index < -0.39 is 77.5 Å². The van der Waals surface area contributed by atoms with Crippen molar-refractivity contribution in [2.75, 3.05) is 11.5 Å². The van der Waals surface area contributed by atoms with Crippen molar-refractivity contribution in [2.45, 2.75) is 104 Å². The lowest BCUT2D eigenvalue weighted by atomic mass is 10.1. The van der Waals surface area contributed by atoms with Gasteiger partial charge in [-0.1, -0.05) is 0 Å². The third kappa shape index (κ3) is 7.92. The summed E-state index contributed by atoms with van der Waals surface area (Å²) >= 11 is 6.18. The normalized spacial score (nSPS) is 21.5. The molecule has 0 spiro atoms. The summed E-state index contributed by atoms with van der Waals surface area (Å²) in [5, 5.41) is 9.36. The number of ether oxygens (including phenoxy) is 5. The number of hydrogen-bond acceptors (Lipinski definition) is 12. The Balaban J connectivity index is 2.06. The van der Waals surface area contributed by atoms with Crippen LogP contribution in [0.25, 0.3) is 11.2 Å². The number of anilines is 1. The topological polar surface area (TPSA) is 164 Å². The molecule has 0 radical (unpaired) electrons. The molecule has 3 rings (SSSR count). The zero-order valence-electron chi connectivity index (χ0n) is 24.3. The van der Waals surface area contributed by atoms with E-state index in [2.05, 4.69) is 15.0 Å². The summed E-state index contributed by atoms with van der Waals surface area (Å²) < 4.78 is 43.5. The lowest BCUT2D eigenvalue weighted by Gasteiger charge is -2.28. The Morgan fingerprint density at radius 2 is 1.54 bits per heavy atom. The second kappa shape index (κ2) is 11.5. The molecule has 1 fully saturated rings. The first kappa shape index (κ1) is 32.2. The number of imidazole rings is 1. The van der Waals surface area contributed by atoms with Gasteiger partial charge in [-0.2, -0.15) is 14.9 Å². The van der Waals surface area contributed by atoms with Crippen LogP contribution in [0.5, 0.6) is 0 Å². The molecule has 3 heterocycles. The third-order valence-corrected chi connectivity index (χ3v) is 5.25. The first-order valence-electron chi connectivity index (χ1n) is 12.7. The Hall–Kier alpha value is -3.30. The molecule has 1 aliphatic heterocycles. The predicted octanol–water partition coefficient (Wildman–Crippen LogP) is 4.70. The molecule has 4 atom stereocenters. The number of aliphatic hydroxyl groups is 1. The van der Waals surface area contributed by atoms with Crippen molar-refractivity contribution < 1.29 is 47.6 Å². The Kier molecular flexibility index (Phi) is 9.06. The van der Waals surface area contributed by atoms with E-state index in [1.54, 1.807) is 62.3 Å². The van der Waals surface area contributed by atoms with E-state index >= 15 is 4.39 Å². The summed E-state index contributed by atoms with van der Waals surface area (Å²) in [6.07, 6.45) is -8.66. The van der Waals surface area contributed by atoms with Gasteiger partial charge in [0.1, 0.15) is 22.9 Å². The number of hydrogen-bond donors (Lipinski definition) is 1. The van der Waals surface area contributed by atoms with E-state index in [1.807, 2.05) is 0 Å². The van der Waals surface area contributed by atoms with Gasteiger partial charge >= 0.3 is 18.3 Å². The highest BCUT2D eigenvalue weighted by atomic mass is 35.5. The molecular formula is C25H35ClFN5O9. The second-order valence-corrected chi connectivity index (χ2v) is 12.5. The smallest absolute Gasteiger partial charge is 0.443 e. The summed E-state index contributed by atoms with van der Waals surface area (Å²) in [6, 6.07) is 0. The minimum Gasteiger partial charge on any atom is -0.443 e.